The van der Waals surface area contributed by atoms with E-state index < -0.39 is 0 Å². The third-order valence-corrected chi connectivity index (χ3v) is 2.52. The minimum absolute atomic E-state index is 0.387. The molecule has 0 aliphatic carbocycles. The lowest BCUT2D eigenvalue weighted by atomic mass is 10.0. The Morgan fingerprint density at radius 2 is 2.20 bits per heavy atom. The van der Waals surface area contributed by atoms with Gasteiger partial charge in [0.1, 0.15) is 11.4 Å². The molecule has 0 radical (unpaired) electrons. The average molecular weight is 209 g/mol. The van der Waals surface area contributed by atoms with Gasteiger partial charge in [0.2, 0.25) is 0 Å². The van der Waals surface area contributed by atoms with Crippen molar-refractivity contribution >= 4 is 5.82 Å². The van der Waals surface area contributed by atoms with E-state index in [1.165, 1.54) is 0 Å². The quantitative estimate of drug-likeness (QED) is 0.807. The van der Waals surface area contributed by atoms with Crippen molar-refractivity contribution in [1.82, 2.24) is 9.97 Å². The summed E-state index contributed by atoms with van der Waals surface area (Å²) in [6.07, 6.45) is 2.61. The zero-order chi connectivity index (χ0) is 11.3. The lowest BCUT2D eigenvalue weighted by Crippen LogP contribution is -2.28. The fraction of sp³-hybridized carbons (Fsp3) is 0.636. The van der Waals surface area contributed by atoms with Crippen LogP contribution in [0.25, 0.3) is 0 Å². The van der Waals surface area contributed by atoms with Crippen LogP contribution in [-0.4, -0.2) is 23.6 Å². The molecule has 4 nitrogen and oxygen atoms in total. The van der Waals surface area contributed by atoms with E-state index in [2.05, 4.69) is 22.2 Å². The number of ether oxygens (including phenoxy) is 1. The monoisotopic (exact) mass is 209 g/mol. The standard InChI is InChI=1S/C11H19N3O/c1-5-11(3,15-6-2)10-13-8-7-9(12-4)14-10/h7-8H,5-6H2,1-4H3,(H,12,13,14). The minimum atomic E-state index is -0.387. The van der Waals surface area contributed by atoms with Crippen molar-refractivity contribution in [3.8, 4) is 0 Å². The van der Waals surface area contributed by atoms with Crippen LogP contribution < -0.4 is 5.32 Å². The van der Waals surface area contributed by atoms with Crippen LogP contribution in [0.15, 0.2) is 12.3 Å². The maximum atomic E-state index is 5.71. The summed E-state index contributed by atoms with van der Waals surface area (Å²) in [5, 5.41) is 3.00. The molecule has 0 aliphatic heterocycles. The molecular weight excluding hydrogens is 190 g/mol. The third kappa shape index (κ3) is 2.65. The molecule has 0 aliphatic rings. The first kappa shape index (κ1) is 11.9. The molecule has 1 atom stereocenters. The molecule has 1 unspecified atom stereocenters. The molecule has 1 rings (SSSR count). The van der Waals surface area contributed by atoms with Gasteiger partial charge >= 0.3 is 0 Å². The van der Waals surface area contributed by atoms with Crippen molar-refractivity contribution in [2.24, 2.45) is 0 Å². The number of hydrogen-bond donors (Lipinski definition) is 1. The van der Waals surface area contributed by atoms with E-state index in [-0.39, 0.29) is 5.60 Å². The Bertz CT molecular complexity index is 316. The number of aromatic nitrogens is 2. The zero-order valence-electron chi connectivity index (χ0n) is 9.87. The highest BCUT2D eigenvalue weighted by atomic mass is 16.5. The average Bonchev–Trinajstić information content (AvgIpc) is 2.29. The first-order valence-corrected chi connectivity index (χ1v) is 5.31. The summed E-state index contributed by atoms with van der Waals surface area (Å²) in [6.45, 7) is 6.74. The van der Waals surface area contributed by atoms with Gasteiger partial charge in [0.05, 0.1) is 0 Å². The van der Waals surface area contributed by atoms with Crippen LogP contribution in [0.3, 0.4) is 0 Å². The van der Waals surface area contributed by atoms with Crippen LogP contribution in [0.5, 0.6) is 0 Å². The van der Waals surface area contributed by atoms with E-state index in [4.69, 9.17) is 4.74 Å². The fourth-order valence-electron chi connectivity index (χ4n) is 1.40. The second kappa shape index (κ2) is 5.07. The summed E-state index contributed by atoms with van der Waals surface area (Å²) in [5.74, 6) is 1.55. The van der Waals surface area contributed by atoms with E-state index in [1.807, 2.05) is 27.0 Å². The Kier molecular flexibility index (Phi) is 4.03. The number of hydrogen-bond acceptors (Lipinski definition) is 4. The third-order valence-electron chi connectivity index (χ3n) is 2.52. The molecule has 1 heterocycles. The van der Waals surface area contributed by atoms with Crippen LogP contribution in [0.2, 0.25) is 0 Å². The molecule has 4 heteroatoms. The van der Waals surface area contributed by atoms with Crippen LogP contribution in [-0.2, 0) is 10.3 Å². The first-order chi connectivity index (χ1) is 7.16. The van der Waals surface area contributed by atoms with Gasteiger partial charge < -0.3 is 10.1 Å². The molecule has 0 bridgehead atoms. The predicted octanol–water partition coefficient (Wildman–Crippen LogP) is 2.18. The van der Waals surface area contributed by atoms with Gasteiger partial charge in [0.25, 0.3) is 0 Å². The summed E-state index contributed by atoms with van der Waals surface area (Å²) in [7, 11) is 1.84. The Morgan fingerprint density at radius 1 is 1.47 bits per heavy atom. The van der Waals surface area contributed by atoms with Crippen LogP contribution >= 0.6 is 0 Å². The molecule has 1 N–H and O–H groups in total. The lowest BCUT2D eigenvalue weighted by molar-refractivity contribution is -0.0389. The van der Waals surface area contributed by atoms with Gasteiger partial charge in [0.15, 0.2) is 5.82 Å². The van der Waals surface area contributed by atoms with Crippen LogP contribution in [0.1, 0.15) is 33.0 Å². The molecular formula is C11H19N3O. The molecule has 0 spiro atoms. The maximum absolute atomic E-state index is 5.71. The van der Waals surface area contributed by atoms with Gasteiger partial charge in [-0.3, -0.25) is 0 Å². The predicted molar refractivity (Wildman–Crippen MR) is 60.8 cm³/mol. The van der Waals surface area contributed by atoms with Gasteiger partial charge in [-0.05, 0) is 26.3 Å². The Hall–Kier alpha value is -1.16. The Balaban J connectivity index is 3.00. The topological polar surface area (TPSA) is 47.0 Å². The molecule has 0 amide bonds. The highest BCUT2D eigenvalue weighted by Crippen LogP contribution is 2.26. The SMILES string of the molecule is CCOC(C)(CC)c1nccc(NC)n1. The van der Waals surface area contributed by atoms with Crippen molar-refractivity contribution in [1.29, 1.82) is 0 Å². The normalized spacial score (nSPS) is 14.7. The Labute approximate surface area is 91.1 Å². The van der Waals surface area contributed by atoms with Crippen molar-refractivity contribution in [3.05, 3.63) is 18.1 Å². The van der Waals surface area contributed by atoms with Gasteiger partial charge in [-0.15, -0.1) is 0 Å². The highest BCUT2D eigenvalue weighted by Gasteiger charge is 2.28. The van der Waals surface area contributed by atoms with Crippen LogP contribution in [0.4, 0.5) is 5.82 Å². The number of nitrogens with zero attached hydrogens (tertiary/aromatic N) is 2. The molecule has 0 aromatic carbocycles. The lowest BCUT2D eigenvalue weighted by Gasteiger charge is -2.26. The van der Waals surface area contributed by atoms with Crippen molar-refractivity contribution in [2.45, 2.75) is 32.8 Å². The molecule has 15 heavy (non-hydrogen) atoms. The Morgan fingerprint density at radius 3 is 2.73 bits per heavy atom. The van der Waals surface area contributed by atoms with Crippen molar-refractivity contribution in [2.75, 3.05) is 19.0 Å². The van der Waals surface area contributed by atoms with E-state index in [0.717, 1.165) is 18.1 Å². The summed E-state index contributed by atoms with van der Waals surface area (Å²) in [5.41, 5.74) is -0.387. The number of rotatable bonds is 5. The maximum Gasteiger partial charge on any atom is 0.162 e. The molecule has 0 saturated carbocycles. The summed E-state index contributed by atoms with van der Waals surface area (Å²) < 4.78 is 5.71. The molecule has 0 fully saturated rings. The first-order valence-electron chi connectivity index (χ1n) is 5.31. The molecule has 84 valence electrons. The van der Waals surface area contributed by atoms with Gasteiger partial charge in [-0.2, -0.15) is 0 Å². The smallest absolute Gasteiger partial charge is 0.162 e. The van der Waals surface area contributed by atoms with E-state index in [0.29, 0.717) is 6.61 Å². The van der Waals surface area contributed by atoms with E-state index in [9.17, 15) is 0 Å². The zero-order valence-corrected chi connectivity index (χ0v) is 9.87. The van der Waals surface area contributed by atoms with E-state index in [1.54, 1.807) is 6.20 Å². The second-order valence-corrected chi connectivity index (χ2v) is 3.53. The van der Waals surface area contributed by atoms with Crippen molar-refractivity contribution in [3.63, 3.8) is 0 Å². The van der Waals surface area contributed by atoms with E-state index >= 15 is 0 Å². The minimum Gasteiger partial charge on any atom is -0.373 e. The summed E-state index contributed by atoms with van der Waals surface area (Å²) in [4.78, 5) is 8.68. The molecule has 0 saturated heterocycles. The van der Waals surface area contributed by atoms with Gasteiger partial charge in [0, 0.05) is 19.9 Å². The highest BCUT2D eigenvalue weighted by molar-refractivity contribution is 5.32. The largest absolute Gasteiger partial charge is 0.373 e. The fourth-order valence-corrected chi connectivity index (χ4v) is 1.40. The van der Waals surface area contributed by atoms with Crippen LogP contribution in [0, 0.1) is 0 Å². The molecule has 1 aromatic heterocycles. The summed E-state index contributed by atoms with van der Waals surface area (Å²) >= 11 is 0. The van der Waals surface area contributed by atoms with Gasteiger partial charge in [-0.1, -0.05) is 6.92 Å². The van der Waals surface area contributed by atoms with Gasteiger partial charge in [-0.25, -0.2) is 9.97 Å². The van der Waals surface area contributed by atoms with Crippen molar-refractivity contribution < 1.29 is 4.74 Å². The number of anilines is 1. The summed E-state index contributed by atoms with van der Waals surface area (Å²) in [6, 6.07) is 1.84. The number of nitrogens with one attached hydrogen (secondary N) is 1. The second-order valence-electron chi connectivity index (χ2n) is 3.53. The molecule has 1 aromatic rings.